The Morgan fingerprint density at radius 2 is 2.27 bits per heavy atom. The van der Waals surface area contributed by atoms with E-state index in [0.717, 1.165) is 0 Å². The van der Waals surface area contributed by atoms with Gasteiger partial charge in [0.1, 0.15) is 13.1 Å². The minimum atomic E-state index is -0.462. The summed E-state index contributed by atoms with van der Waals surface area (Å²) >= 11 is 0. The fourth-order valence-electron chi connectivity index (χ4n) is 0.930. The van der Waals surface area contributed by atoms with Crippen molar-refractivity contribution in [1.29, 1.82) is 0 Å². The number of aldehydes is 1. The van der Waals surface area contributed by atoms with Crippen molar-refractivity contribution in [3.8, 4) is 0 Å². The predicted molar refractivity (Wildman–Crippen MR) is 43.0 cm³/mol. The monoisotopic (exact) mass is 149 g/mol. The first-order chi connectivity index (χ1) is 5.29. The normalized spacial score (nSPS) is 9.27. The summed E-state index contributed by atoms with van der Waals surface area (Å²) in [4.78, 5) is 10.3. The predicted octanol–water partition coefficient (Wildman–Crippen LogP) is 1.02. The van der Waals surface area contributed by atoms with Crippen LogP contribution in [0.25, 0.3) is 0 Å². The number of carbonyl (C=O) groups excluding carboxylic acids is 1. The van der Waals surface area contributed by atoms with E-state index >= 15 is 0 Å². The van der Waals surface area contributed by atoms with Crippen LogP contribution >= 0.6 is 0 Å². The number of hydrogen-bond donors (Lipinski definition) is 0. The molecular weight excluding hydrogens is 142 g/mol. The molecule has 0 aliphatic heterocycles. The van der Waals surface area contributed by atoms with Crippen molar-refractivity contribution in [2.24, 2.45) is 0 Å². The molecule has 1 nitrogen and oxygen atoms in total. The first-order valence-corrected chi connectivity index (χ1v) is 3.32. The molecule has 55 valence electrons. The lowest BCUT2D eigenvalue weighted by atomic mass is 9.71. The Morgan fingerprint density at radius 1 is 1.55 bits per heavy atom. The summed E-state index contributed by atoms with van der Waals surface area (Å²) in [7, 11) is 1.70. The summed E-state index contributed by atoms with van der Waals surface area (Å²) in [6, 6.07) is 4.56. The van der Waals surface area contributed by atoms with Gasteiger partial charge >= 0.3 is 0 Å². The second-order valence-corrected chi connectivity index (χ2v) is 2.15. The van der Waals surface area contributed by atoms with Crippen LogP contribution in [0.4, 0.5) is 4.39 Å². The number of carbonyl (C=O) groups is 1. The topological polar surface area (TPSA) is 17.1 Å². The van der Waals surface area contributed by atoms with Gasteiger partial charge in [0.05, 0.1) is 0 Å². The zero-order valence-corrected chi connectivity index (χ0v) is 6.17. The molecule has 0 aliphatic carbocycles. The van der Waals surface area contributed by atoms with E-state index < -0.39 is 5.82 Å². The highest BCUT2D eigenvalue weighted by Gasteiger charge is 2.04. The Balaban J connectivity index is 3.24. The fourth-order valence-corrected chi connectivity index (χ4v) is 0.930. The molecule has 3 heteroatoms. The van der Waals surface area contributed by atoms with Crippen LogP contribution in [0.1, 0.15) is 10.4 Å². The van der Waals surface area contributed by atoms with Gasteiger partial charge < -0.3 is 0 Å². The third-order valence-electron chi connectivity index (χ3n) is 1.52. The molecule has 1 aromatic carbocycles. The van der Waals surface area contributed by atoms with Gasteiger partial charge in [-0.15, -0.1) is 0 Å². The lowest BCUT2D eigenvalue weighted by Crippen LogP contribution is -2.17. The number of benzene rings is 1. The minimum Gasteiger partial charge on any atom is -0.298 e. The standard InChI is InChI=1S/C8H7BFO/c1-9-7-3-2-4-8(10)6(7)5-11/h2-5H,1H3. The van der Waals surface area contributed by atoms with Crippen LogP contribution in [0.3, 0.4) is 0 Å². The summed E-state index contributed by atoms with van der Waals surface area (Å²) in [6.45, 7) is 1.77. The molecule has 0 aliphatic rings. The van der Waals surface area contributed by atoms with Gasteiger partial charge in [0.2, 0.25) is 0 Å². The zero-order valence-electron chi connectivity index (χ0n) is 6.17. The van der Waals surface area contributed by atoms with Gasteiger partial charge in [-0.3, -0.25) is 4.79 Å². The molecule has 0 bridgehead atoms. The Labute approximate surface area is 65.5 Å². The van der Waals surface area contributed by atoms with E-state index in [4.69, 9.17) is 0 Å². The highest BCUT2D eigenvalue weighted by molar-refractivity contribution is 6.53. The van der Waals surface area contributed by atoms with Crippen LogP contribution < -0.4 is 5.46 Å². The quantitative estimate of drug-likeness (QED) is 0.453. The molecule has 0 amide bonds. The van der Waals surface area contributed by atoms with Gasteiger partial charge in [0.25, 0.3) is 0 Å². The van der Waals surface area contributed by atoms with Gasteiger partial charge in [-0.2, -0.15) is 0 Å². The Kier molecular flexibility index (Phi) is 2.42. The largest absolute Gasteiger partial charge is 0.298 e. The van der Waals surface area contributed by atoms with E-state index in [9.17, 15) is 9.18 Å². The maximum Gasteiger partial charge on any atom is 0.152 e. The van der Waals surface area contributed by atoms with Crippen LogP contribution in [0.5, 0.6) is 0 Å². The third kappa shape index (κ3) is 1.48. The SMILES string of the molecule is C[B]c1cccc(F)c1C=O. The van der Waals surface area contributed by atoms with Crippen LogP contribution in [-0.4, -0.2) is 13.6 Å². The second kappa shape index (κ2) is 3.33. The van der Waals surface area contributed by atoms with Gasteiger partial charge in [-0.05, 0) is 6.07 Å². The fraction of sp³-hybridized carbons (Fsp3) is 0.125. The Morgan fingerprint density at radius 3 is 2.73 bits per heavy atom. The molecule has 0 N–H and O–H groups in total. The van der Waals surface area contributed by atoms with Crippen LogP contribution in [0.2, 0.25) is 6.82 Å². The molecule has 1 aromatic rings. The number of rotatable bonds is 2. The summed E-state index contributed by atoms with van der Waals surface area (Å²) in [5.74, 6) is -0.462. The van der Waals surface area contributed by atoms with E-state index in [0.29, 0.717) is 11.7 Å². The van der Waals surface area contributed by atoms with Crippen molar-refractivity contribution >= 4 is 19.0 Å². The van der Waals surface area contributed by atoms with Gasteiger partial charge in [-0.1, -0.05) is 24.4 Å². The number of hydrogen-bond acceptors (Lipinski definition) is 1. The van der Waals surface area contributed by atoms with E-state index in [-0.39, 0.29) is 5.56 Å². The van der Waals surface area contributed by atoms with Gasteiger partial charge in [0.15, 0.2) is 6.29 Å². The maximum atomic E-state index is 12.8. The minimum absolute atomic E-state index is 0.134. The van der Waals surface area contributed by atoms with E-state index in [1.165, 1.54) is 6.07 Å². The summed E-state index contributed by atoms with van der Waals surface area (Å²) in [5, 5.41) is 0. The van der Waals surface area contributed by atoms with Gasteiger partial charge in [0, 0.05) is 5.56 Å². The molecular formula is C8H7BFO. The van der Waals surface area contributed by atoms with Crippen molar-refractivity contribution in [2.75, 3.05) is 0 Å². The molecule has 0 fully saturated rings. The maximum absolute atomic E-state index is 12.8. The molecule has 0 saturated heterocycles. The lowest BCUT2D eigenvalue weighted by molar-refractivity contribution is 0.112. The van der Waals surface area contributed by atoms with Crippen molar-refractivity contribution in [1.82, 2.24) is 0 Å². The van der Waals surface area contributed by atoms with Crippen molar-refractivity contribution in [3.05, 3.63) is 29.6 Å². The highest BCUT2D eigenvalue weighted by atomic mass is 19.1. The Bertz CT molecular complexity index is 273. The van der Waals surface area contributed by atoms with E-state index in [1.807, 2.05) is 0 Å². The molecule has 1 radical (unpaired) electrons. The molecule has 0 spiro atoms. The summed E-state index contributed by atoms with van der Waals surface area (Å²) in [6.07, 6.45) is 0.532. The van der Waals surface area contributed by atoms with Crippen LogP contribution in [0, 0.1) is 5.82 Å². The highest BCUT2D eigenvalue weighted by Crippen LogP contribution is 1.99. The first kappa shape index (κ1) is 7.99. The number of halogens is 1. The first-order valence-electron chi connectivity index (χ1n) is 3.32. The van der Waals surface area contributed by atoms with E-state index in [2.05, 4.69) is 0 Å². The van der Waals surface area contributed by atoms with Crippen LogP contribution in [0.15, 0.2) is 18.2 Å². The Hall–Kier alpha value is -1.12. The second-order valence-electron chi connectivity index (χ2n) is 2.15. The molecule has 1 rings (SSSR count). The van der Waals surface area contributed by atoms with E-state index in [1.54, 1.807) is 26.2 Å². The molecule has 0 unspecified atom stereocenters. The summed E-state index contributed by atoms with van der Waals surface area (Å²) in [5.41, 5.74) is 0.773. The summed E-state index contributed by atoms with van der Waals surface area (Å²) < 4.78 is 12.8. The van der Waals surface area contributed by atoms with Gasteiger partial charge in [-0.25, -0.2) is 4.39 Å². The van der Waals surface area contributed by atoms with Crippen molar-refractivity contribution < 1.29 is 9.18 Å². The molecule has 0 heterocycles. The molecule has 0 atom stereocenters. The molecule has 0 saturated carbocycles. The molecule has 11 heavy (non-hydrogen) atoms. The van der Waals surface area contributed by atoms with Crippen molar-refractivity contribution in [3.63, 3.8) is 0 Å². The van der Waals surface area contributed by atoms with Crippen LogP contribution in [-0.2, 0) is 0 Å². The third-order valence-corrected chi connectivity index (χ3v) is 1.52. The molecule has 0 aromatic heterocycles. The van der Waals surface area contributed by atoms with Crippen molar-refractivity contribution in [2.45, 2.75) is 6.82 Å². The smallest absolute Gasteiger partial charge is 0.152 e. The zero-order chi connectivity index (χ0) is 8.27. The average molecular weight is 149 g/mol. The average Bonchev–Trinajstić information content (AvgIpc) is 2.04. The lowest BCUT2D eigenvalue weighted by Gasteiger charge is -1.99.